The summed E-state index contributed by atoms with van der Waals surface area (Å²) in [5.41, 5.74) is 1.10. The lowest BCUT2D eigenvalue weighted by Gasteiger charge is -2.18. The molecule has 108 valence electrons. The third-order valence-electron chi connectivity index (χ3n) is 5.87. The molecule has 1 aromatic rings. The van der Waals surface area contributed by atoms with Gasteiger partial charge in [0.05, 0.1) is 19.6 Å². The Morgan fingerprint density at radius 1 is 1.10 bits per heavy atom. The first-order chi connectivity index (χ1) is 9.74. The van der Waals surface area contributed by atoms with Crippen molar-refractivity contribution in [3.8, 4) is 11.5 Å². The fourth-order valence-corrected chi connectivity index (χ4v) is 5.55. The molecule has 2 nitrogen and oxygen atoms in total. The maximum absolute atomic E-state index is 6.84. The summed E-state index contributed by atoms with van der Waals surface area (Å²) in [6, 6.07) is 5.95. The lowest BCUT2D eigenvalue weighted by atomic mass is 9.96. The van der Waals surface area contributed by atoms with Crippen LogP contribution in [0.4, 0.5) is 0 Å². The first-order valence-corrected chi connectivity index (χ1v) is 8.04. The molecule has 0 saturated heterocycles. The largest absolute Gasteiger partial charge is 0.497 e. The topological polar surface area (TPSA) is 18.5 Å². The standard InChI is InChI=1S/C17H21ClO2/c1-19-11-5-6-13(20-2)12(8-11)17(18)16-14-9-3-4-10(7-9)15(14)16/h5-6,8-10,14-17H,3-4,7H2,1-2H3. The number of halogens is 1. The van der Waals surface area contributed by atoms with Gasteiger partial charge >= 0.3 is 0 Å². The summed E-state index contributed by atoms with van der Waals surface area (Å²) < 4.78 is 10.8. The van der Waals surface area contributed by atoms with E-state index < -0.39 is 0 Å². The maximum atomic E-state index is 6.84. The molecule has 0 amide bonds. The fourth-order valence-electron chi connectivity index (χ4n) is 5.05. The van der Waals surface area contributed by atoms with Crippen molar-refractivity contribution in [1.29, 1.82) is 0 Å². The Bertz CT molecular complexity index is 514. The second kappa shape index (κ2) is 4.56. The molecule has 0 N–H and O–H groups in total. The van der Waals surface area contributed by atoms with Crippen molar-refractivity contribution in [2.45, 2.75) is 24.6 Å². The summed E-state index contributed by atoms with van der Waals surface area (Å²) in [5, 5.41) is 0.0680. The third-order valence-corrected chi connectivity index (χ3v) is 6.39. The summed E-state index contributed by atoms with van der Waals surface area (Å²) in [4.78, 5) is 0. The van der Waals surface area contributed by atoms with Crippen LogP contribution in [0.25, 0.3) is 0 Å². The van der Waals surface area contributed by atoms with Gasteiger partial charge in [0.2, 0.25) is 0 Å². The molecule has 0 heterocycles. The Morgan fingerprint density at radius 2 is 1.80 bits per heavy atom. The van der Waals surface area contributed by atoms with Crippen LogP contribution >= 0.6 is 11.6 Å². The highest BCUT2D eigenvalue weighted by molar-refractivity contribution is 6.21. The van der Waals surface area contributed by atoms with Gasteiger partial charge in [-0.05, 0) is 67.1 Å². The van der Waals surface area contributed by atoms with Crippen LogP contribution < -0.4 is 9.47 Å². The van der Waals surface area contributed by atoms with Gasteiger partial charge in [0.25, 0.3) is 0 Å². The van der Waals surface area contributed by atoms with Gasteiger partial charge in [0, 0.05) is 5.56 Å². The minimum Gasteiger partial charge on any atom is -0.497 e. The van der Waals surface area contributed by atoms with Crippen molar-refractivity contribution in [1.82, 2.24) is 0 Å². The lowest BCUT2D eigenvalue weighted by molar-refractivity contribution is 0.392. The molecule has 3 fully saturated rings. The molecule has 1 aromatic carbocycles. The average molecular weight is 293 g/mol. The number of alkyl halides is 1. The van der Waals surface area contributed by atoms with Gasteiger partial charge in [-0.15, -0.1) is 11.6 Å². The molecule has 3 aliphatic rings. The zero-order chi connectivity index (χ0) is 13.9. The van der Waals surface area contributed by atoms with Gasteiger partial charge in [-0.25, -0.2) is 0 Å². The van der Waals surface area contributed by atoms with Crippen LogP contribution in [0.5, 0.6) is 11.5 Å². The first-order valence-electron chi connectivity index (χ1n) is 7.60. The van der Waals surface area contributed by atoms with Crippen LogP contribution in [0, 0.1) is 29.6 Å². The first kappa shape index (κ1) is 12.8. The van der Waals surface area contributed by atoms with Gasteiger partial charge in [-0.3, -0.25) is 0 Å². The summed E-state index contributed by atoms with van der Waals surface area (Å²) in [5.74, 6) is 6.08. The molecule has 20 heavy (non-hydrogen) atoms. The summed E-state index contributed by atoms with van der Waals surface area (Å²) in [6.07, 6.45) is 4.33. The van der Waals surface area contributed by atoms with Crippen LogP contribution in [0.3, 0.4) is 0 Å². The Labute approximate surface area is 125 Å². The molecule has 3 saturated carbocycles. The molecule has 0 aromatic heterocycles. The normalized spacial score (nSPS) is 38.5. The van der Waals surface area contributed by atoms with Crippen LogP contribution in [0.2, 0.25) is 0 Å². The van der Waals surface area contributed by atoms with Gasteiger partial charge in [-0.1, -0.05) is 0 Å². The van der Waals surface area contributed by atoms with Crippen molar-refractivity contribution in [2.75, 3.05) is 14.2 Å². The Hall–Kier alpha value is -0.890. The smallest absolute Gasteiger partial charge is 0.123 e. The van der Waals surface area contributed by atoms with Crippen molar-refractivity contribution < 1.29 is 9.47 Å². The Morgan fingerprint density at radius 3 is 2.40 bits per heavy atom. The number of benzene rings is 1. The van der Waals surface area contributed by atoms with Crippen molar-refractivity contribution in [3.63, 3.8) is 0 Å². The number of fused-ring (bicyclic) bond motifs is 5. The summed E-state index contributed by atoms with van der Waals surface area (Å²) >= 11 is 6.84. The van der Waals surface area contributed by atoms with E-state index in [1.54, 1.807) is 14.2 Å². The number of hydrogen-bond acceptors (Lipinski definition) is 2. The zero-order valence-electron chi connectivity index (χ0n) is 12.0. The van der Waals surface area contributed by atoms with Crippen molar-refractivity contribution in [2.24, 2.45) is 29.6 Å². The van der Waals surface area contributed by atoms with Crippen LogP contribution in [-0.2, 0) is 0 Å². The van der Waals surface area contributed by atoms with Gasteiger partial charge in [0.1, 0.15) is 11.5 Å². The van der Waals surface area contributed by atoms with E-state index in [0.717, 1.165) is 40.7 Å². The quantitative estimate of drug-likeness (QED) is 0.771. The minimum atomic E-state index is 0.0680. The molecular weight excluding hydrogens is 272 g/mol. The molecule has 5 unspecified atom stereocenters. The van der Waals surface area contributed by atoms with E-state index in [1.807, 2.05) is 18.2 Å². The fraction of sp³-hybridized carbons (Fsp3) is 0.647. The van der Waals surface area contributed by atoms with E-state index in [4.69, 9.17) is 21.1 Å². The molecule has 5 atom stereocenters. The Kier molecular flexibility index (Phi) is 2.92. The van der Waals surface area contributed by atoms with E-state index in [0.29, 0.717) is 5.92 Å². The second-order valence-corrected chi connectivity index (χ2v) is 7.05. The monoisotopic (exact) mass is 292 g/mol. The zero-order valence-corrected chi connectivity index (χ0v) is 12.8. The predicted octanol–water partition coefficient (Wildman–Crippen LogP) is 4.28. The molecule has 0 spiro atoms. The molecule has 2 bridgehead atoms. The van der Waals surface area contributed by atoms with E-state index in [2.05, 4.69) is 0 Å². The molecule has 3 heteroatoms. The predicted molar refractivity (Wildman–Crippen MR) is 79.4 cm³/mol. The molecule has 4 rings (SSSR count). The number of hydrogen-bond donors (Lipinski definition) is 0. The number of rotatable bonds is 4. The highest BCUT2D eigenvalue weighted by atomic mass is 35.5. The summed E-state index contributed by atoms with van der Waals surface area (Å²) in [6.45, 7) is 0. The molecule has 0 aliphatic heterocycles. The third kappa shape index (κ3) is 1.70. The van der Waals surface area contributed by atoms with Gasteiger partial charge in [-0.2, -0.15) is 0 Å². The SMILES string of the molecule is COc1ccc(OC)c(C(Cl)C2C3C4CCC(C4)C32)c1. The maximum Gasteiger partial charge on any atom is 0.123 e. The Balaban J connectivity index is 1.61. The van der Waals surface area contributed by atoms with E-state index >= 15 is 0 Å². The molecule has 0 radical (unpaired) electrons. The molecular formula is C17H21ClO2. The highest BCUT2D eigenvalue weighted by Gasteiger charge is 2.66. The average Bonchev–Trinajstić information content (AvgIpc) is 2.93. The van der Waals surface area contributed by atoms with Gasteiger partial charge in [0.15, 0.2) is 0 Å². The van der Waals surface area contributed by atoms with Crippen molar-refractivity contribution >= 4 is 11.6 Å². The van der Waals surface area contributed by atoms with Crippen LogP contribution in [0.1, 0.15) is 30.2 Å². The second-order valence-electron chi connectivity index (χ2n) is 6.57. The van der Waals surface area contributed by atoms with E-state index in [1.165, 1.54) is 19.3 Å². The van der Waals surface area contributed by atoms with Crippen molar-refractivity contribution in [3.05, 3.63) is 23.8 Å². The van der Waals surface area contributed by atoms with Crippen LogP contribution in [0.15, 0.2) is 18.2 Å². The summed E-state index contributed by atoms with van der Waals surface area (Å²) in [7, 11) is 3.41. The van der Waals surface area contributed by atoms with E-state index in [9.17, 15) is 0 Å². The lowest BCUT2D eigenvalue weighted by Crippen LogP contribution is -2.06. The van der Waals surface area contributed by atoms with Gasteiger partial charge < -0.3 is 9.47 Å². The highest BCUT2D eigenvalue weighted by Crippen LogP contribution is 2.73. The number of methoxy groups -OCH3 is 2. The van der Waals surface area contributed by atoms with Crippen LogP contribution in [-0.4, -0.2) is 14.2 Å². The number of ether oxygens (including phenoxy) is 2. The van der Waals surface area contributed by atoms with E-state index in [-0.39, 0.29) is 5.38 Å². The minimum absolute atomic E-state index is 0.0680. The molecule has 3 aliphatic carbocycles.